The molecule has 1 aromatic rings. The summed E-state index contributed by atoms with van der Waals surface area (Å²) < 4.78 is 5.01. The van der Waals surface area contributed by atoms with Gasteiger partial charge in [-0.25, -0.2) is 4.79 Å². The number of anilines is 1. The summed E-state index contributed by atoms with van der Waals surface area (Å²) >= 11 is 1.44. The minimum absolute atomic E-state index is 0.226. The average molecular weight is 447 g/mol. The van der Waals surface area contributed by atoms with E-state index in [2.05, 4.69) is 5.32 Å². The SMILES string of the molecule is COC(=O)c1c(NC(=O)C2(C)CC3(C)CC(C)(C2)C(=O)N(C)C3=O)sc2c1CCCC2. The van der Waals surface area contributed by atoms with Crippen molar-refractivity contribution in [1.29, 1.82) is 0 Å². The third kappa shape index (κ3) is 3.30. The first-order valence-electron chi connectivity index (χ1n) is 10.8. The number of nitrogens with one attached hydrogen (secondary N) is 1. The first-order chi connectivity index (χ1) is 14.4. The summed E-state index contributed by atoms with van der Waals surface area (Å²) in [6.45, 7) is 5.53. The molecular weight excluding hydrogens is 416 g/mol. The number of carbonyl (C=O) groups is 4. The molecule has 4 rings (SSSR count). The lowest BCUT2D eigenvalue weighted by molar-refractivity contribution is -0.177. The lowest BCUT2D eigenvalue weighted by Crippen LogP contribution is -2.63. The van der Waals surface area contributed by atoms with Gasteiger partial charge in [-0.2, -0.15) is 0 Å². The highest BCUT2D eigenvalue weighted by molar-refractivity contribution is 7.17. The summed E-state index contributed by atoms with van der Waals surface area (Å²) in [6.07, 6.45) is 4.93. The number of piperidine rings is 1. The highest BCUT2D eigenvalue weighted by Crippen LogP contribution is 2.58. The smallest absolute Gasteiger partial charge is 0.341 e. The Morgan fingerprint density at radius 1 is 1.00 bits per heavy atom. The number of methoxy groups -OCH3 is 1. The van der Waals surface area contributed by atoms with Gasteiger partial charge in [-0.3, -0.25) is 19.3 Å². The van der Waals surface area contributed by atoms with Crippen LogP contribution in [0.1, 0.15) is 73.7 Å². The molecule has 1 aliphatic heterocycles. The molecule has 7 nitrogen and oxygen atoms in total. The number of esters is 1. The van der Waals surface area contributed by atoms with E-state index >= 15 is 0 Å². The van der Waals surface area contributed by atoms with Gasteiger partial charge in [0.15, 0.2) is 0 Å². The van der Waals surface area contributed by atoms with Crippen LogP contribution in [0.4, 0.5) is 5.00 Å². The number of fused-ring (bicyclic) bond motifs is 3. The molecule has 1 saturated carbocycles. The maximum absolute atomic E-state index is 13.6. The zero-order valence-corrected chi connectivity index (χ0v) is 19.7. The molecule has 8 heteroatoms. The third-order valence-corrected chi connectivity index (χ3v) is 8.53. The topological polar surface area (TPSA) is 92.8 Å². The average Bonchev–Trinajstić information content (AvgIpc) is 3.07. The van der Waals surface area contributed by atoms with Crippen molar-refractivity contribution in [1.82, 2.24) is 4.90 Å². The summed E-state index contributed by atoms with van der Waals surface area (Å²) in [7, 11) is 2.88. The number of amides is 3. The number of thiophene rings is 1. The Morgan fingerprint density at radius 2 is 1.58 bits per heavy atom. The van der Waals surface area contributed by atoms with Gasteiger partial charge < -0.3 is 10.1 Å². The predicted octanol–water partition coefficient (Wildman–Crippen LogP) is 3.55. The van der Waals surface area contributed by atoms with Crippen LogP contribution in [-0.2, 0) is 32.0 Å². The van der Waals surface area contributed by atoms with Crippen molar-refractivity contribution in [2.24, 2.45) is 16.2 Å². The van der Waals surface area contributed by atoms with E-state index in [9.17, 15) is 19.2 Å². The second kappa shape index (κ2) is 7.15. The number of hydrogen-bond acceptors (Lipinski definition) is 6. The van der Waals surface area contributed by atoms with Crippen LogP contribution in [-0.4, -0.2) is 42.7 Å². The quantitative estimate of drug-likeness (QED) is 0.566. The number of aryl methyl sites for hydroxylation is 1. The Bertz CT molecular complexity index is 968. The first kappa shape index (κ1) is 22.0. The van der Waals surface area contributed by atoms with Gasteiger partial charge in [-0.15, -0.1) is 11.3 Å². The van der Waals surface area contributed by atoms with E-state index in [0.717, 1.165) is 36.1 Å². The van der Waals surface area contributed by atoms with E-state index in [4.69, 9.17) is 4.74 Å². The van der Waals surface area contributed by atoms with Crippen molar-refractivity contribution in [2.45, 2.75) is 65.7 Å². The minimum Gasteiger partial charge on any atom is -0.465 e. The van der Waals surface area contributed by atoms with E-state index in [1.165, 1.54) is 30.4 Å². The summed E-state index contributed by atoms with van der Waals surface area (Å²) in [5.74, 6) is -1.14. The molecular formula is C23H30N2O5S. The number of nitrogens with zero attached hydrogens (tertiary/aromatic N) is 1. The summed E-state index contributed by atoms with van der Waals surface area (Å²) in [5.41, 5.74) is -1.02. The van der Waals surface area contributed by atoms with Gasteiger partial charge in [0, 0.05) is 28.2 Å². The van der Waals surface area contributed by atoms with Crippen LogP contribution in [0.3, 0.4) is 0 Å². The lowest BCUT2D eigenvalue weighted by Gasteiger charge is -2.55. The van der Waals surface area contributed by atoms with E-state index in [1.54, 1.807) is 0 Å². The van der Waals surface area contributed by atoms with Gasteiger partial charge in [-0.05, 0) is 50.5 Å². The van der Waals surface area contributed by atoms with E-state index in [1.807, 2.05) is 20.8 Å². The predicted molar refractivity (Wildman–Crippen MR) is 117 cm³/mol. The number of rotatable bonds is 3. The van der Waals surface area contributed by atoms with Gasteiger partial charge in [0.05, 0.1) is 12.7 Å². The highest BCUT2D eigenvalue weighted by Gasteiger charge is 2.62. The van der Waals surface area contributed by atoms with Gasteiger partial charge in [-0.1, -0.05) is 20.8 Å². The second-order valence-corrected chi connectivity index (χ2v) is 11.3. The van der Waals surface area contributed by atoms with Crippen molar-refractivity contribution in [3.05, 3.63) is 16.0 Å². The molecule has 2 unspecified atom stereocenters. The van der Waals surface area contributed by atoms with Crippen LogP contribution in [0.25, 0.3) is 0 Å². The van der Waals surface area contributed by atoms with Gasteiger partial charge >= 0.3 is 5.97 Å². The van der Waals surface area contributed by atoms with Crippen molar-refractivity contribution in [3.8, 4) is 0 Å². The molecule has 1 N–H and O–H groups in total. The van der Waals surface area contributed by atoms with Crippen LogP contribution >= 0.6 is 11.3 Å². The molecule has 31 heavy (non-hydrogen) atoms. The molecule has 0 spiro atoms. The molecule has 3 aliphatic rings. The van der Waals surface area contributed by atoms with Crippen molar-refractivity contribution >= 4 is 40.0 Å². The molecule has 2 fully saturated rings. The Hall–Kier alpha value is -2.22. The molecule has 3 amide bonds. The van der Waals surface area contributed by atoms with Crippen molar-refractivity contribution in [3.63, 3.8) is 0 Å². The Labute approximate surface area is 186 Å². The molecule has 1 aromatic heterocycles. The zero-order chi connectivity index (χ0) is 22.8. The van der Waals surface area contributed by atoms with Crippen molar-refractivity contribution < 1.29 is 23.9 Å². The maximum atomic E-state index is 13.6. The normalized spacial score (nSPS) is 32.5. The third-order valence-electron chi connectivity index (χ3n) is 7.32. The fourth-order valence-corrected chi connectivity index (χ4v) is 7.63. The molecule has 1 saturated heterocycles. The summed E-state index contributed by atoms with van der Waals surface area (Å²) in [4.78, 5) is 54.3. The van der Waals surface area contributed by atoms with E-state index in [0.29, 0.717) is 29.8 Å². The van der Waals surface area contributed by atoms with Gasteiger partial charge in [0.25, 0.3) is 0 Å². The molecule has 0 radical (unpaired) electrons. The fraction of sp³-hybridized carbons (Fsp3) is 0.652. The number of carbonyl (C=O) groups excluding carboxylic acids is 4. The number of hydrogen-bond donors (Lipinski definition) is 1. The summed E-state index contributed by atoms with van der Waals surface area (Å²) in [6, 6.07) is 0. The maximum Gasteiger partial charge on any atom is 0.341 e. The van der Waals surface area contributed by atoms with E-state index in [-0.39, 0.29) is 17.7 Å². The van der Waals surface area contributed by atoms with Gasteiger partial charge in [0.1, 0.15) is 5.00 Å². The molecule has 2 heterocycles. The van der Waals surface area contributed by atoms with Crippen LogP contribution in [0.15, 0.2) is 0 Å². The monoisotopic (exact) mass is 446 g/mol. The Morgan fingerprint density at radius 3 is 2.16 bits per heavy atom. The Kier molecular flexibility index (Phi) is 5.07. The minimum atomic E-state index is -0.911. The fourth-order valence-electron chi connectivity index (χ4n) is 6.36. The molecule has 2 aliphatic carbocycles. The standard InChI is InChI=1S/C23H30N2O5S/c1-21(10-22(2)12-23(3,11-21)20(29)25(4)19(22)28)18(27)24-16-15(17(26)30-5)13-8-6-7-9-14(13)31-16/h6-12H2,1-5H3,(H,24,27). The summed E-state index contributed by atoms with van der Waals surface area (Å²) in [5, 5.41) is 3.52. The first-order valence-corrected chi connectivity index (χ1v) is 11.6. The van der Waals surface area contributed by atoms with Gasteiger partial charge in [0.2, 0.25) is 17.7 Å². The van der Waals surface area contributed by atoms with Crippen LogP contribution in [0.2, 0.25) is 0 Å². The largest absolute Gasteiger partial charge is 0.465 e. The molecule has 2 bridgehead atoms. The number of imide groups is 1. The van der Waals surface area contributed by atoms with E-state index < -0.39 is 22.2 Å². The van der Waals surface area contributed by atoms with Crippen molar-refractivity contribution in [2.75, 3.05) is 19.5 Å². The molecule has 168 valence electrons. The Balaban J connectivity index is 1.68. The highest BCUT2D eigenvalue weighted by atomic mass is 32.1. The number of ether oxygens (including phenoxy) is 1. The number of likely N-dealkylation sites (tertiary alicyclic amines) is 1. The van der Waals surface area contributed by atoms with Crippen LogP contribution in [0.5, 0.6) is 0 Å². The molecule has 0 aromatic carbocycles. The van der Waals surface area contributed by atoms with Crippen LogP contribution < -0.4 is 5.32 Å². The lowest BCUT2D eigenvalue weighted by atomic mass is 9.51. The second-order valence-electron chi connectivity index (χ2n) is 10.2. The molecule has 2 atom stereocenters. The van der Waals surface area contributed by atoms with Crippen LogP contribution in [0, 0.1) is 16.2 Å². The zero-order valence-electron chi connectivity index (χ0n) is 18.8.